The van der Waals surface area contributed by atoms with Crippen LogP contribution in [-0.4, -0.2) is 28.7 Å². The Morgan fingerprint density at radius 2 is 1.88 bits per heavy atom. The van der Waals surface area contributed by atoms with Crippen LogP contribution >= 0.6 is 0 Å². The average Bonchev–Trinajstić information content (AvgIpc) is 3.42. The molecule has 0 fully saturated rings. The third-order valence-electron chi connectivity index (χ3n) is 4.55. The van der Waals surface area contributed by atoms with Crippen LogP contribution in [0, 0.1) is 12.8 Å². The van der Waals surface area contributed by atoms with Gasteiger partial charge in [0.05, 0.1) is 29.5 Å². The first-order valence-electron chi connectivity index (χ1n) is 10.1. The second-order valence-corrected chi connectivity index (χ2v) is 7.63. The van der Waals surface area contributed by atoms with Crippen LogP contribution in [0.2, 0.25) is 0 Å². The van der Waals surface area contributed by atoms with Crippen molar-refractivity contribution in [2.24, 2.45) is 5.92 Å². The molecule has 0 spiro atoms. The largest absolute Gasteiger partial charge is 0.463 e. The van der Waals surface area contributed by atoms with Crippen molar-refractivity contribution < 1.29 is 23.3 Å². The fourth-order valence-corrected chi connectivity index (χ4v) is 3.09. The molecule has 0 aliphatic heterocycles. The number of furan rings is 1. The minimum atomic E-state index is -0.554. The predicted octanol–water partition coefficient (Wildman–Crippen LogP) is 5.25. The minimum Gasteiger partial charge on any atom is -0.463 e. The molecule has 0 aliphatic rings. The molecule has 2 amide bonds. The first-order valence-corrected chi connectivity index (χ1v) is 10.1. The monoisotopic (exact) mass is 434 g/mol. The Labute approximate surface area is 183 Å². The third kappa shape index (κ3) is 4.61. The van der Waals surface area contributed by atoms with Gasteiger partial charge in [-0.3, -0.25) is 10.1 Å². The van der Waals surface area contributed by atoms with E-state index in [1.165, 1.54) is 6.26 Å². The Morgan fingerprint density at radius 3 is 2.59 bits per heavy atom. The van der Waals surface area contributed by atoms with E-state index < -0.39 is 6.09 Å². The summed E-state index contributed by atoms with van der Waals surface area (Å²) in [4.78, 5) is 29.5. The quantitative estimate of drug-likeness (QED) is 0.425. The number of carbonyl (C=O) groups excluding carboxylic acids is 2. The van der Waals surface area contributed by atoms with Crippen LogP contribution in [0.3, 0.4) is 0 Å². The van der Waals surface area contributed by atoms with Crippen molar-refractivity contribution in [3.63, 3.8) is 0 Å². The highest BCUT2D eigenvalue weighted by atomic mass is 16.5. The topological polar surface area (TPSA) is 119 Å². The molecule has 0 radical (unpaired) electrons. The zero-order chi connectivity index (χ0) is 22.7. The van der Waals surface area contributed by atoms with Gasteiger partial charge in [-0.05, 0) is 49.2 Å². The number of pyridine rings is 1. The third-order valence-corrected chi connectivity index (χ3v) is 4.55. The van der Waals surface area contributed by atoms with E-state index in [1.807, 2.05) is 13.8 Å². The van der Waals surface area contributed by atoms with Crippen molar-refractivity contribution in [3.05, 3.63) is 60.0 Å². The van der Waals surface area contributed by atoms with E-state index in [0.717, 1.165) is 0 Å². The molecule has 2 N–H and O–H groups in total. The fourth-order valence-electron chi connectivity index (χ4n) is 3.09. The first-order chi connectivity index (χ1) is 15.4. The molecule has 0 bridgehead atoms. The number of hydrogen-bond acceptors (Lipinski definition) is 7. The van der Waals surface area contributed by atoms with Gasteiger partial charge in [0, 0.05) is 11.4 Å². The standard InChI is InChI=1S/C23H22N4O5/c1-13(2)12-31-23(29)25-16-7-4-6-15(10-16)24-21(28)17-11-18(19-8-5-9-30-19)26-22-20(17)14(3)27-32-22/h4-11,13H,12H2,1-3H3,(H,24,28)(H,25,29). The number of carbonyl (C=O) groups is 2. The van der Waals surface area contributed by atoms with E-state index in [-0.39, 0.29) is 17.5 Å². The molecule has 9 nitrogen and oxygen atoms in total. The van der Waals surface area contributed by atoms with Crippen molar-refractivity contribution in [2.45, 2.75) is 20.8 Å². The van der Waals surface area contributed by atoms with Gasteiger partial charge in [0.15, 0.2) is 5.76 Å². The van der Waals surface area contributed by atoms with Gasteiger partial charge in [-0.1, -0.05) is 25.1 Å². The van der Waals surface area contributed by atoms with Gasteiger partial charge in [0.2, 0.25) is 0 Å². The van der Waals surface area contributed by atoms with Crippen LogP contribution in [-0.2, 0) is 4.74 Å². The highest BCUT2D eigenvalue weighted by Crippen LogP contribution is 2.28. The number of hydrogen-bond donors (Lipinski definition) is 2. The van der Waals surface area contributed by atoms with E-state index in [0.29, 0.717) is 46.1 Å². The fraction of sp³-hybridized carbons (Fsp3) is 0.217. The Bertz CT molecular complexity index is 1260. The SMILES string of the molecule is Cc1noc2nc(-c3ccco3)cc(C(=O)Nc3cccc(NC(=O)OCC(C)C)c3)c12. The number of ether oxygens (including phenoxy) is 1. The van der Waals surface area contributed by atoms with Gasteiger partial charge in [-0.25, -0.2) is 9.78 Å². The van der Waals surface area contributed by atoms with E-state index in [4.69, 9.17) is 13.7 Å². The Hall–Kier alpha value is -4.14. The van der Waals surface area contributed by atoms with Gasteiger partial charge in [0.25, 0.3) is 11.6 Å². The van der Waals surface area contributed by atoms with E-state index in [2.05, 4.69) is 20.8 Å². The highest BCUT2D eigenvalue weighted by Gasteiger charge is 2.20. The number of amides is 2. The summed E-state index contributed by atoms with van der Waals surface area (Å²) in [6, 6.07) is 11.9. The summed E-state index contributed by atoms with van der Waals surface area (Å²) in [5.74, 6) is 0.354. The van der Waals surface area contributed by atoms with Crippen LogP contribution < -0.4 is 10.6 Å². The summed E-state index contributed by atoms with van der Waals surface area (Å²) in [6.07, 6.45) is 0.971. The lowest BCUT2D eigenvalue weighted by atomic mass is 10.1. The molecule has 0 saturated carbocycles. The molecular formula is C23H22N4O5. The molecule has 3 aromatic heterocycles. The molecule has 0 aliphatic carbocycles. The van der Waals surface area contributed by atoms with Crippen LogP contribution in [0.15, 0.2) is 57.7 Å². The van der Waals surface area contributed by atoms with E-state index >= 15 is 0 Å². The normalized spacial score (nSPS) is 11.0. The lowest BCUT2D eigenvalue weighted by molar-refractivity contribution is 0.102. The molecule has 0 saturated heterocycles. The molecule has 0 atom stereocenters. The predicted molar refractivity (Wildman–Crippen MR) is 118 cm³/mol. The molecule has 4 aromatic rings. The molecule has 1 aromatic carbocycles. The van der Waals surface area contributed by atoms with E-state index in [9.17, 15) is 9.59 Å². The Balaban J connectivity index is 1.58. The van der Waals surface area contributed by atoms with E-state index in [1.54, 1.807) is 49.4 Å². The van der Waals surface area contributed by atoms with Gasteiger partial charge in [-0.2, -0.15) is 0 Å². The number of aromatic nitrogens is 2. The Kier molecular flexibility index (Phi) is 5.89. The maximum Gasteiger partial charge on any atom is 0.411 e. The average molecular weight is 434 g/mol. The molecule has 4 rings (SSSR count). The molecule has 32 heavy (non-hydrogen) atoms. The number of benzene rings is 1. The van der Waals surface area contributed by atoms with Gasteiger partial charge in [0.1, 0.15) is 5.69 Å². The van der Waals surface area contributed by atoms with Crippen molar-refractivity contribution in [3.8, 4) is 11.5 Å². The van der Waals surface area contributed by atoms with Crippen LogP contribution in [0.5, 0.6) is 0 Å². The summed E-state index contributed by atoms with van der Waals surface area (Å²) in [5, 5.41) is 9.95. The number of fused-ring (bicyclic) bond motifs is 1. The van der Waals surface area contributed by atoms with Crippen molar-refractivity contribution in [2.75, 3.05) is 17.2 Å². The maximum absolute atomic E-state index is 13.2. The minimum absolute atomic E-state index is 0.232. The van der Waals surface area contributed by atoms with Crippen molar-refractivity contribution in [1.29, 1.82) is 0 Å². The zero-order valence-electron chi connectivity index (χ0n) is 17.8. The molecule has 164 valence electrons. The van der Waals surface area contributed by atoms with Crippen molar-refractivity contribution in [1.82, 2.24) is 10.1 Å². The Morgan fingerprint density at radius 1 is 1.09 bits per heavy atom. The molecular weight excluding hydrogens is 412 g/mol. The van der Waals surface area contributed by atoms with Crippen LogP contribution in [0.4, 0.5) is 16.2 Å². The summed E-state index contributed by atoms with van der Waals surface area (Å²) in [7, 11) is 0. The summed E-state index contributed by atoms with van der Waals surface area (Å²) in [5.41, 5.74) is 2.57. The zero-order valence-corrected chi connectivity index (χ0v) is 17.8. The van der Waals surface area contributed by atoms with Crippen LogP contribution in [0.25, 0.3) is 22.6 Å². The lowest BCUT2D eigenvalue weighted by Crippen LogP contribution is -2.17. The second-order valence-electron chi connectivity index (χ2n) is 7.63. The second kappa shape index (κ2) is 8.93. The van der Waals surface area contributed by atoms with Crippen molar-refractivity contribution >= 4 is 34.5 Å². The smallest absolute Gasteiger partial charge is 0.411 e. The van der Waals surface area contributed by atoms with Gasteiger partial charge in [-0.15, -0.1) is 0 Å². The number of nitrogens with one attached hydrogen (secondary N) is 2. The summed E-state index contributed by atoms with van der Waals surface area (Å²) < 4.78 is 15.8. The highest BCUT2D eigenvalue weighted by molar-refractivity contribution is 6.13. The summed E-state index contributed by atoms with van der Waals surface area (Å²) >= 11 is 0. The number of aryl methyl sites for hydroxylation is 1. The molecule has 0 unspecified atom stereocenters. The van der Waals surface area contributed by atoms with Gasteiger partial charge >= 0.3 is 6.09 Å². The molecule has 3 heterocycles. The van der Waals surface area contributed by atoms with Gasteiger partial charge < -0.3 is 19.0 Å². The first kappa shape index (κ1) is 21.1. The van der Waals surface area contributed by atoms with Crippen LogP contribution in [0.1, 0.15) is 29.9 Å². The number of rotatable bonds is 6. The lowest BCUT2D eigenvalue weighted by Gasteiger charge is -2.11. The maximum atomic E-state index is 13.2. The molecule has 9 heteroatoms. The summed E-state index contributed by atoms with van der Waals surface area (Å²) in [6.45, 7) is 5.96. The number of anilines is 2. The number of nitrogens with zero attached hydrogens (tertiary/aromatic N) is 2.